The highest BCUT2D eigenvalue weighted by atomic mass is 19.2. The third kappa shape index (κ3) is 3.34. The molecule has 4 nitrogen and oxygen atoms in total. The number of anilines is 1. The number of ether oxygens (including phenoxy) is 2. The second-order valence-corrected chi connectivity index (χ2v) is 4.07. The molecule has 0 aliphatic carbocycles. The zero-order valence-electron chi connectivity index (χ0n) is 10.9. The average molecular weight is 280 g/mol. The quantitative estimate of drug-likeness (QED) is 0.910. The largest absolute Gasteiger partial charge is 0.476 e. The second kappa shape index (κ2) is 6.18. The van der Waals surface area contributed by atoms with E-state index in [0.29, 0.717) is 12.3 Å². The highest BCUT2D eigenvalue weighted by Gasteiger charge is 2.08. The van der Waals surface area contributed by atoms with E-state index >= 15 is 0 Å². The molecule has 0 atom stereocenters. The highest BCUT2D eigenvalue weighted by molar-refractivity contribution is 5.49. The van der Waals surface area contributed by atoms with Gasteiger partial charge in [-0.15, -0.1) is 0 Å². The van der Waals surface area contributed by atoms with E-state index in [2.05, 4.69) is 4.98 Å². The van der Waals surface area contributed by atoms with Gasteiger partial charge in [-0.25, -0.2) is 8.78 Å². The fourth-order valence-electron chi connectivity index (χ4n) is 1.47. The average Bonchev–Trinajstić information content (AvgIpc) is 2.43. The normalized spacial score (nSPS) is 10.3. The van der Waals surface area contributed by atoms with E-state index in [9.17, 15) is 8.78 Å². The molecule has 0 saturated heterocycles. The molecule has 6 heteroatoms. The molecular weight excluding hydrogens is 266 g/mol. The summed E-state index contributed by atoms with van der Waals surface area (Å²) in [5, 5.41) is 0. The van der Waals surface area contributed by atoms with Gasteiger partial charge in [-0.3, -0.25) is 0 Å². The summed E-state index contributed by atoms with van der Waals surface area (Å²) in [6.07, 6.45) is 0.815. The number of nitrogens with zero attached hydrogens (tertiary/aromatic N) is 1. The zero-order valence-corrected chi connectivity index (χ0v) is 10.9. The molecule has 20 heavy (non-hydrogen) atoms. The van der Waals surface area contributed by atoms with Crippen LogP contribution in [0.1, 0.15) is 13.3 Å². The van der Waals surface area contributed by atoms with Crippen molar-refractivity contribution in [2.24, 2.45) is 0 Å². The van der Waals surface area contributed by atoms with Crippen LogP contribution in [0.4, 0.5) is 14.5 Å². The standard InChI is InChI=1S/C14H14F2N2O2/c1-2-7-19-14-12(17)5-6-13(18-14)20-9-3-4-10(15)11(16)8-9/h3-6,8H,2,7,17H2,1H3. The van der Waals surface area contributed by atoms with Gasteiger partial charge in [0.15, 0.2) is 11.6 Å². The molecule has 0 spiro atoms. The molecule has 0 aliphatic rings. The van der Waals surface area contributed by atoms with Crippen molar-refractivity contribution in [1.82, 2.24) is 4.98 Å². The zero-order chi connectivity index (χ0) is 14.5. The lowest BCUT2D eigenvalue weighted by Gasteiger charge is -2.09. The first kappa shape index (κ1) is 14.0. The van der Waals surface area contributed by atoms with Crippen molar-refractivity contribution in [2.45, 2.75) is 13.3 Å². The Labute approximate surface area is 115 Å². The fraction of sp³-hybridized carbons (Fsp3) is 0.214. The van der Waals surface area contributed by atoms with Gasteiger partial charge in [0.1, 0.15) is 5.75 Å². The van der Waals surface area contributed by atoms with Crippen LogP contribution in [-0.4, -0.2) is 11.6 Å². The number of hydrogen-bond acceptors (Lipinski definition) is 4. The van der Waals surface area contributed by atoms with Crippen molar-refractivity contribution in [2.75, 3.05) is 12.3 Å². The smallest absolute Gasteiger partial charge is 0.240 e. The SMILES string of the molecule is CCCOc1nc(Oc2ccc(F)c(F)c2)ccc1N. The number of aromatic nitrogens is 1. The Hall–Kier alpha value is -2.37. The second-order valence-electron chi connectivity index (χ2n) is 4.07. The first-order valence-corrected chi connectivity index (χ1v) is 6.12. The molecule has 1 aromatic carbocycles. The maximum Gasteiger partial charge on any atom is 0.240 e. The van der Waals surface area contributed by atoms with Crippen LogP contribution in [0.25, 0.3) is 0 Å². The lowest BCUT2D eigenvalue weighted by Crippen LogP contribution is -2.02. The summed E-state index contributed by atoms with van der Waals surface area (Å²) >= 11 is 0. The molecule has 2 rings (SSSR count). The van der Waals surface area contributed by atoms with Gasteiger partial charge in [-0.2, -0.15) is 4.98 Å². The predicted molar refractivity (Wildman–Crippen MR) is 70.9 cm³/mol. The Kier molecular flexibility index (Phi) is 4.34. The summed E-state index contributed by atoms with van der Waals surface area (Å²) in [7, 11) is 0. The maximum absolute atomic E-state index is 13.1. The van der Waals surface area contributed by atoms with E-state index in [1.54, 1.807) is 6.07 Å². The molecule has 2 aromatic rings. The van der Waals surface area contributed by atoms with Crippen LogP contribution < -0.4 is 15.2 Å². The Bertz CT molecular complexity index is 606. The van der Waals surface area contributed by atoms with Crippen LogP contribution in [0.5, 0.6) is 17.5 Å². The molecule has 1 aromatic heterocycles. The number of hydrogen-bond donors (Lipinski definition) is 1. The monoisotopic (exact) mass is 280 g/mol. The molecule has 106 valence electrons. The molecule has 0 unspecified atom stereocenters. The van der Waals surface area contributed by atoms with Crippen LogP contribution >= 0.6 is 0 Å². The van der Waals surface area contributed by atoms with Crippen molar-refractivity contribution in [3.63, 3.8) is 0 Å². The number of rotatable bonds is 5. The number of benzene rings is 1. The molecule has 1 heterocycles. The van der Waals surface area contributed by atoms with Gasteiger partial charge in [0, 0.05) is 12.1 Å². The minimum absolute atomic E-state index is 0.141. The molecule has 0 fully saturated rings. The fourth-order valence-corrected chi connectivity index (χ4v) is 1.47. The maximum atomic E-state index is 13.1. The van der Waals surface area contributed by atoms with Gasteiger partial charge in [0.2, 0.25) is 11.8 Å². The van der Waals surface area contributed by atoms with Crippen molar-refractivity contribution in [3.8, 4) is 17.5 Å². The van der Waals surface area contributed by atoms with E-state index in [1.165, 1.54) is 12.1 Å². The summed E-state index contributed by atoms with van der Waals surface area (Å²) in [6, 6.07) is 6.34. The van der Waals surface area contributed by atoms with Crippen LogP contribution in [0, 0.1) is 11.6 Å². The van der Waals surface area contributed by atoms with Crippen LogP contribution in [0.3, 0.4) is 0 Å². The van der Waals surface area contributed by atoms with Crippen LogP contribution in [0.15, 0.2) is 30.3 Å². The molecule has 0 amide bonds. The molecule has 0 aliphatic heterocycles. The topological polar surface area (TPSA) is 57.4 Å². The van der Waals surface area contributed by atoms with Gasteiger partial charge in [0.25, 0.3) is 0 Å². The summed E-state index contributed by atoms with van der Waals surface area (Å²) in [5.41, 5.74) is 6.10. The number of pyridine rings is 1. The van der Waals surface area contributed by atoms with Gasteiger partial charge in [-0.05, 0) is 24.6 Å². The summed E-state index contributed by atoms with van der Waals surface area (Å²) in [4.78, 5) is 4.07. The van der Waals surface area contributed by atoms with Crippen molar-refractivity contribution in [1.29, 1.82) is 0 Å². The third-order valence-corrected chi connectivity index (χ3v) is 2.42. The minimum Gasteiger partial charge on any atom is -0.476 e. The van der Waals surface area contributed by atoms with Gasteiger partial charge in [-0.1, -0.05) is 6.92 Å². The number of nitrogen functional groups attached to an aromatic ring is 1. The Morgan fingerprint density at radius 2 is 1.95 bits per heavy atom. The lowest BCUT2D eigenvalue weighted by molar-refractivity contribution is 0.302. The Morgan fingerprint density at radius 3 is 2.65 bits per heavy atom. The van der Waals surface area contributed by atoms with E-state index in [4.69, 9.17) is 15.2 Å². The lowest BCUT2D eigenvalue weighted by atomic mass is 10.3. The minimum atomic E-state index is -0.986. The number of nitrogens with two attached hydrogens (primary N) is 1. The molecule has 2 N–H and O–H groups in total. The van der Waals surface area contributed by atoms with Crippen LogP contribution in [-0.2, 0) is 0 Å². The summed E-state index contributed by atoms with van der Waals surface area (Å²) < 4.78 is 36.6. The first-order valence-electron chi connectivity index (χ1n) is 6.12. The highest BCUT2D eigenvalue weighted by Crippen LogP contribution is 2.26. The molecule has 0 bridgehead atoms. The van der Waals surface area contributed by atoms with Gasteiger partial charge in [0.05, 0.1) is 12.3 Å². The van der Waals surface area contributed by atoms with Crippen LogP contribution in [0.2, 0.25) is 0 Å². The third-order valence-electron chi connectivity index (χ3n) is 2.42. The first-order chi connectivity index (χ1) is 9.60. The van der Waals surface area contributed by atoms with Gasteiger partial charge < -0.3 is 15.2 Å². The predicted octanol–water partition coefficient (Wildman–Crippen LogP) is 3.52. The van der Waals surface area contributed by atoms with E-state index in [-0.39, 0.29) is 17.5 Å². The van der Waals surface area contributed by atoms with E-state index in [1.807, 2.05) is 6.92 Å². The van der Waals surface area contributed by atoms with E-state index < -0.39 is 11.6 Å². The van der Waals surface area contributed by atoms with E-state index in [0.717, 1.165) is 18.6 Å². The van der Waals surface area contributed by atoms with Crippen molar-refractivity contribution < 1.29 is 18.3 Å². The van der Waals surface area contributed by atoms with Gasteiger partial charge >= 0.3 is 0 Å². The summed E-state index contributed by atoms with van der Waals surface area (Å²) in [6.45, 7) is 2.43. The molecule has 0 saturated carbocycles. The molecule has 0 radical (unpaired) electrons. The van der Waals surface area contributed by atoms with Crippen molar-refractivity contribution >= 4 is 5.69 Å². The number of halogens is 2. The Balaban J connectivity index is 2.18. The Morgan fingerprint density at radius 1 is 1.15 bits per heavy atom. The molecular formula is C14H14F2N2O2. The van der Waals surface area contributed by atoms with Crippen molar-refractivity contribution in [3.05, 3.63) is 42.0 Å². The summed E-state index contributed by atoms with van der Waals surface area (Å²) in [5.74, 6) is -1.33.